The number of fused-ring (bicyclic) bond motifs is 3. The molecule has 86 valence electrons. The van der Waals surface area contributed by atoms with E-state index in [2.05, 4.69) is 59.8 Å². The lowest BCUT2D eigenvalue weighted by Crippen LogP contribution is -1.81. The second-order valence-corrected chi connectivity index (χ2v) is 6.77. The summed E-state index contributed by atoms with van der Waals surface area (Å²) in [5.74, 6) is 0. The van der Waals surface area contributed by atoms with Crippen molar-refractivity contribution in [3.8, 4) is 0 Å². The average Bonchev–Trinajstić information content (AvgIpc) is 2.63. The summed E-state index contributed by atoms with van der Waals surface area (Å²) in [6.45, 7) is 2.14. The van der Waals surface area contributed by atoms with Crippen LogP contribution in [0.5, 0.6) is 0 Å². The maximum absolute atomic E-state index is 6.27. The molecule has 0 nitrogen and oxygen atoms in total. The lowest BCUT2D eigenvalue weighted by atomic mass is 10.1. The number of rotatable bonds is 1. The summed E-state index contributed by atoms with van der Waals surface area (Å²) in [5, 5.41) is 3.57. The third kappa shape index (κ3) is 1.96. The number of thiophene rings is 1. The maximum Gasteiger partial charge on any atom is 0.0452 e. The molecule has 0 unspecified atom stereocenters. The van der Waals surface area contributed by atoms with Gasteiger partial charge in [-0.2, -0.15) is 0 Å². The lowest BCUT2D eigenvalue weighted by molar-refractivity contribution is 1.15. The largest absolute Gasteiger partial charge is 0.135 e. The third-order valence-electron chi connectivity index (χ3n) is 2.98. The quantitative estimate of drug-likeness (QED) is 0.468. The fourth-order valence-electron chi connectivity index (χ4n) is 2.09. The molecule has 0 amide bonds. The van der Waals surface area contributed by atoms with Gasteiger partial charge in [0.05, 0.1) is 0 Å². The first-order chi connectivity index (χ1) is 8.19. The molecule has 1 aromatic heterocycles. The predicted octanol–water partition coefficient (Wildman–Crippen LogP) is 5.87. The van der Waals surface area contributed by atoms with E-state index in [4.69, 9.17) is 11.6 Å². The monoisotopic (exact) mass is 372 g/mol. The minimum Gasteiger partial charge on any atom is -0.135 e. The molecule has 2 aromatic carbocycles. The minimum absolute atomic E-state index is 0.890. The zero-order valence-electron chi connectivity index (χ0n) is 9.26. The Labute approximate surface area is 123 Å². The van der Waals surface area contributed by atoms with Crippen molar-refractivity contribution in [3.05, 3.63) is 44.5 Å². The van der Waals surface area contributed by atoms with Gasteiger partial charge in [-0.15, -0.1) is 11.3 Å². The third-order valence-corrected chi connectivity index (χ3v) is 5.12. The van der Waals surface area contributed by atoms with Crippen LogP contribution in [0.2, 0.25) is 5.02 Å². The predicted molar refractivity (Wildman–Crippen MR) is 86.4 cm³/mol. The van der Waals surface area contributed by atoms with Crippen LogP contribution in [-0.2, 0) is 6.42 Å². The summed E-state index contributed by atoms with van der Waals surface area (Å²) in [6.07, 6.45) is 0.983. The fraction of sp³-hybridized carbons (Fsp3) is 0.143. The van der Waals surface area contributed by atoms with Gasteiger partial charge in [0.2, 0.25) is 0 Å². The molecule has 0 spiro atoms. The molecule has 0 bridgehead atoms. The summed E-state index contributed by atoms with van der Waals surface area (Å²) in [7, 11) is 0. The van der Waals surface area contributed by atoms with Crippen LogP contribution >= 0.6 is 45.5 Å². The smallest absolute Gasteiger partial charge is 0.0452 e. The molecule has 0 saturated carbocycles. The Morgan fingerprint density at radius 3 is 2.65 bits per heavy atom. The van der Waals surface area contributed by atoms with Crippen molar-refractivity contribution in [2.45, 2.75) is 13.3 Å². The van der Waals surface area contributed by atoms with E-state index in [1.807, 2.05) is 11.3 Å². The van der Waals surface area contributed by atoms with E-state index in [0.717, 1.165) is 11.4 Å². The molecular formula is C14H10ClIS. The molecule has 0 radical (unpaired) electrons. The molecule has 3 heteroatoms. The summed E-state index contributed by atoms with van der Waals surface area (Å²) in [5.41, 5.74) is 1.23. The van der Waals surface area contributed by atoms with Gasteiger partial charge in [-0.3, -0.25) is 0 Å². The van der Waals surface area contributed by atoms with Crippen molar-refractivity contribution in [1.82, 2.24) is 0 Å². The molecule has 0 aliphatic heterocycles. The van der Waals surface area contributed by atoms with Crippen molar-refractivity contribution < 1.29 is 0 Å². The number of hydrogen-bond donors (Lipinski definition) is 0. The van der Waals surface area contributed by atoms with E-state index in [1.165, 1.54) is 29.3 Å². The summed E-state index contributed by atoms with van der Waals surface area (Å²) >= 11 is 10.4. The van der Waals surface area contributed by atoms with Gasteiger partial charge < -0.3 is 0 Å². The van der Waals surface area contributed by atoms with Crippen LogP contribution in [-0.4, -0.2) is 0 Å². The number of halogens is 2. The van der Waals surface area contributed by atoms with Crippen LogP contribution in [0, 0.1) is 3.57 Å². The number of hydrogen-bond acceptors (Lipinski definition) is 1. The van der Waals surface area contributed by atoms with Gasteiger partial charge in [0.15, 0.2) is 0 Å². The molecule has 3 aromatic rings. The number of aryl methyl sites for hydroxylation is 1. The Balaban J connectivity index is 2.44. The normalized spacial score (nSPS) is 11.5. The van der Waals surface area contributed by atoms with Gasteiger partial charge in [0.1, 0.15) is 0 Å². The molecule has 17 heavy (non-hydrogen) atoms. The van der Waals surface area contributed by atoms with Crippen molar-refractivity contribution in [2.75, 3.05) is 0 Å². The highest BCUT2D eigenvalue weighted by atomic mass is 127. The summed E-state index contributed by atoms with van der Waals surface area (Å²) < 4.78 is 3.91. The van der Waals surface area contributed by atoms with Crippen LogP contribution in [0.3, 0.4) is 0 Å². The van der Waals surface area contributed by atoms with Gasteiger partial charge in [-0.05, 0) is 58.8 Å². The van der Waals surface area contributed by atoms with Gasteiger partial charge in [0, 0.05) is 28.8 Å². The van der Waals surface area contributed by atoms with E-state index < -0.39 is 0 Å². The van der Waals surface area contributed by atoms with Crippen molar-refractivity contribution in [2.24, 2.45) is 0 Å². The minimum atomic E-state index is 0.890. The first-order valence-corrected chi connectivity index (χ1v) is 7.76. The van der Waals surface area contributed by atoms with Crippen LogP contribution in [0.25, 0.3) is 20.2 Å². The molecule has 3 rings (SSSR count). The second kappa shape index (κ2) is 4.41. The SMILES string of the molecule is CCc1cc2c(cc1Cl)sc1cc(I)ccc12. The average molecular weight is 373 g/mol. The highest BCUT2D eigenvalue weighted by Crippen LogP contribution is 2.37. The standard InChI is InChI=1S/C14H10ClIS/c1-2-8-5-11-10-4-3-9(16)6-13(10)17-14(11)7-12(8)15/h3-7H,2H2,1H3. The molecule has 0 N–H and O–H groups in total. The maximum atomic E-state index is 6.27. The highest BCUT2D eigenvalue weighted by molar-refractivity contribution is 14.1. The zero-order valence-corrected chi connectivity index (χ0v) is 13.0. The Kier molecular flexibility index (Phi) is 3.05. The van der Waals surface area contributed by atoms with E-state index in [0.29, 0.717) is 0 Å². The fourth-order valence-corrected chi connectivity index (χ4v) is 4.32. The molecule has 0 saturated heterocycles. The van der Waals surface area contributed by atoms with Gasteiger partial charge in [-0.25, -0.2) is 0 Å². The van der Waals surface area contributed by atoms with Crippen molar-refractivity contribution in [1.29, 1.82) is 0 Å². The van der Waals surface area contributed by atoms with Crippen LogP contribution in [0.4, 0.5) is 0 Å². The van der Waals surface area contributed by atoms with Crippen molar-refractivity contribution in [3.63, 3.8) is 0 Å². The van der Waals surface area contributed by atoms with Crippen LogP contribution in [0.15, 0.2) is 30.3 Å². The Bertz CT molecular complexity index is 715. The molecule has 0 atom stereocenters. The Morgan fingerprint density at radius 1 is 1.12 bits per heavy atom. The second-order valence-electron chi connectivity index (χ2n) is 4.04. The van der Waals surface area contributed by atoms with Gasteiger partial charge in [-0.1, -0.05) is 24.6 Å². The van der Waals surface area contributed by atoms with E-state index in [1.54, 1.807) is 0 Å². The Morgan fingerprint density at radius 2 is 1.88 bits per heavy atom. The number of benzene rings is 2. The Hall–Kier alpha value is -0.320. The summed E-state index contributed by atoms with van der Waals surface area (Å²) in [4.78, 5) is 0. The van der Waals surface area contributed by atoms with Gasteiger partial charge in [0.25, 0.3) is 0 Å². The molecule has 0 aliphatic rings. The first kappa shape index (κ1) is 11.8. The topological polar surface area (TPSA) is 0 Å². The van der Waals surface area contributed by atoms with Crippen LogP contribution < -0.4 is 0 Å². The molecule has 0 fully saturated rings. The lowest BCUT2D eigenvalue weighted by Gasteiger charge is -2.01. The zero-order chi connectivity index (χ0) is 12.0. The molecule has 0 aliphatic carbocycles. The first-order valence-electron chi connectivity index (χ1n) is 5.49. The van der Waals surface area contributed by atoms with Crippen molar-refractivity contribution >= 4 is 65.7 Å². The summed E-state index contributed by atoms with van der Waals surface area (Å²) in [6, 6.07) is 11.0. The van der Waals surface area contributed by atoms with Crippen LogP contribution in [0.1, 0.15) is 12.5 Å². The van der Waals surface area contributed by atoms with E-state index in [-0.39, 0.29) is 0 Å². The van der Waals surface area contributed by atoms with Gasteiger partial charge >= 0.3 is 0 Å². The van der Waals surface area contributed by atoms with E-state index >= 15 is 0 Å². The molecule has 1 heterocycles. The molecular weight excluding hydrogens is 363 g/mol. The highest BCUT2D eigenvalue weighted by Gasteiger charge is 2.08. The van der Waals surface area contributed by atoms with E-state index in [9.17, 15) is 0 Å².